The number of hydrogen-bond acceptors (Lipinski definition) is 2. The third-order valence-corrected chi connectivity index (χ3v) is 12.1. The highest BCUT2D eigenvalue weighted by molar-refractivity contribution is 7.19. The molecule has 1 aliphatic carbocycles. The fraction of sp³-hybridized carbons (Fsp3) is 0.0435. The largest absolute Gasteiger partial charge is 0.135 e. The van der Waals surface area contributed by atoms with Crippen LogP contribution >= 0.6 is 22.7 Å². The van der Waals surface area contributed by atoms with E-state index < -0.39 is 5.41 Å². The molecule has 8 aromatic rings. The van der Waals surface area contributed by atoms with Crippen LogP contribution in [-0.2, 0) is 5.41 Å². The van der Waals surface area contributed by atoms with E-state index in [4.69, 9.17) is 0 Å². The van der Waals surface area contributed by atoms with Crippen molar-refractivity contribution in [3.05, 3.63) is 204 Å². The Morgan fingerprint density at radius 1 is 0.354 bits per heavy atom. The van der Waals surface area contributed by atoms with Crippen molar-refractivity contribution >= 4 is 22.7 Å². The highest BCUT2D eigenvalue weighted by Crippen LogP contribution is 2.58. The van der Waals surface area contributed by atoms with E-state index in [1.54, 1.807) is 0 Å². The summed E-state index contributed by atoms with van der Waals surface area (Å²) in [6.45, 7) is 2.17. The lowest BCUT2D eigenvalue weighted by Gasteiger charge is -2.34. The normalized spacial score (nSPS) is 12.9. The van der Waals surface area contributed by atoms with Crippen molar-refractivity contribution < 1.29 is 0 Å². The Kier molecular flexibility index (Phi) is 7.08. The van der Waals surface area contributed by atoms with Crippen LogP contribution in [0.15, 0.2) is 176 Å². The zero-order chi connectivity index (χ0) is 32.1. The Hall–Kier alpha value is -5.28. The molecule has 0 radical (unpaired) electrons. The Bertz CT molecular complexity index is 2250. The zero-order valence-corrected chi connectivity index (χ0v) is 28.2. The number of benzene rings is 6. The van der Waals surface area contributed by atoms with E-state index in [9.17, 15) is 0 Å². The summed E-state index contributed by atoms with van der Waals surface area (Å²) in [6.07, 6.45) is 0. The Morgan fingerprint density at radius 2 is 0.750 bits per heavy atom. The first-order valence-corrected chi connectivity index (χ1v) is 18.1. The Balaban J connectivity index is 1.26. The topological polar surface area (TPSA) is 0 Å². The quantitative estimate of drug-likeness (QED) is 0.168. The molecule has 0 saturated heterocycles. The van der Waals surface area contributed by atoms with Crippen LogP contribution in [0.4, 0.5) is 0 Å². The van der Waals surface area contributed by atoms with Crippen molar-refractivity contribution in [2.45, 2.75) is 12.3 Å². The molecule has 0 atom stereocenters. The molecule has 9 rings (SSSR count). The summed E-state index contributed by atoms with van der Waals surface area (Å²) >= 11 is 3.73. The summed E-state index contributed by atoms with van der Waals surface area (Å²) in [6, 6.07) is 65.2. The number of fused-ring (bicyclic) bond motifs is 3. The SMILES string of the molecule is Cc1ccc(C2(c3ccccc3)c3cc(-c4ccc(-c5ccccc5)s4)ccc3-c3ccc(-c4ccc(-c5ccccc5)s4)cc32)cc1. The van der Waals surface area contributed by atoms with Gasteiger partial charge in [0.05, 0.1) is 5.41 Å². The molecule has 0 saturated carbocycles. The van der Waals surface area contributed by atoms with Crippen LogP contribution in [0.2, 0.25) is 0 Å². The first kappa shape index (κ1) is 28.9. The molecule has 228 valence electrons. The van der Waals surface area contributed by atoms with Crippen LogP contribution < -0.4 is 0 Å². The minimum Gasteiger partial charge on any atom is -0.135 e. The molecule has 1 aliphatic rings. The summed E-state index contributed by atoms with van der Waals surface area (Å²) in [4.78, 5) is 5.15. The molecule has 0 amide bonds. The predicted molar refractivity (Wildman–Crippen MR) is 206 cm³/mol. The molecular formula is C46H32S2. The molecule has 0 bridgehead atoms. The summed E-state index contributed by atoms with van der Waals surface area (Å²) < 4.78 is 0. The van der Waals surface area contributed by atoms with Crippen LogP contribution in [0, 0.1) is 6.92 Å². The zero-order valence-electron chi connectivity index (χ0n) is 26.6. The van der Waals surface area contributed by atoms with E-state index >= 15 is 0 Å². The Morgan fingerprint density at radius 3 is 1.21 bits per heavy atom. The van der Waals surface area contributed by atoms with Gasteiger partial charge in [-0.15, -0.1) is 22.7 Å². The van der Waals surface area contributed by atoms with E-state index in [1.807, 2.05) is 22.7 Å². The molecule has 2 heterocycles. The monoisotopic (exact) mass is 648 g/mol. The van der Waals surface area contributed by atoms with Gasteiger partial charge < -0.3 is 0 Å². The first-order valence-electron chi connectivity index (χ1n) is 16.4. The number of thiophene rings is 2. The van der Waals surface area contributed by atoms with Crippen LogP contribution in [0.25, 0.3) is 52.9 Å². The fourth-order valence-electron chi connectivity index (χ4n) is 7.41. The molecule has 0 N–H and O–H groups in total. The van der Waals surface area contributed by atoms with Crippen molar-refractivity contribution in [1.29, 1.82) is 0 Å². The first-order chi connectivity index (χ1) is 23.7. The lowest BCUT2D eigenvalue weighted by Crippen LogP contribution is -2.28. The van der Waals surface area contributed by atoms with Crippen molar-refractivity contribution in [2.75, 3.05) is 0 Å². The maximum absolute atomic E-state index is 2.47. The number of rotatable bonds is 6. The lowest BCUT2D eigenvalue weighted by atomic mass is 9.67. The van der Waals surface area contributed by atoms with Gasteiger partial charge in [0.2, 0.25) is 0 Å². The highest BCUT2D eigenvalue weighted by atomic mass is 32.1. The van der Waals surface area contributed by atoms with Crippen molar-refractivity contribution in [1.82, 2.24) is 0 Å². The maximum Gasteiger partial charge on any atom is 0.0714 e. The van der Waals surface area contributed by atoms with E-state index in [2.05, 4.69) is 183 Å². The molecular weight excluding hydrogens is 617 g/mol. The summed E-state index contributed by atoms with van der Waals surface area (Å²) in [7, 11) is 0. The number of hydrogen-bond donors (Lipinski definition) is 0. The molecule has 0 unspecified atom stereocenters. The maximum atomic E-state index is 2.47. The van der Waals surface area contributed by atoms with Gasteiger partial charge in [0.1, 0.15) is 0 Å². The van der Waals surface area contributed by atoms with Crippen molar-refractivity contribution in [3.63, 3.8) is 0 Å². The molecule has 6 aromatic carbocycles. The average molecular weight is 649 g/mol. The molecule has 0 aliphatic heterocycles. The van der Waals surface area contributed by atoms with Gasteiger partial charge in [0, 0.05) is 19.5 Å². The van der Waals surface area contributed by atoms with Gasteiger partial charge in [-0.05, 0) is 99.0 Å². The molecule has 0 spiro atoms. The molecule has 48 heavy (non-hydrogen) atoms. The van der Waals surface area contributed by atoms with Gasteiger partial charge in [-0.1, -0.05) is 145 Å². The minimum atomic E-state index is -0.468. The van der Waals surface area contributed by atoms with Gasteiger partial charge in [0.15, 0.2) is 0 Å². The molecule has 0 fully saturated rings. The van der Waals surface area contributed by atoms with E-state index in [0.29, 0.717) is 0 Å². The summed E-state index contributed by atoms with van der Waals surface area (Å²) in [5.74, 6) is 0. The smallest absolute Gasteiger partial charge is 0.0714 e. The summed E-state index contributed by atoms with van der Waals surface area (Å²) in [5.41, 5.74) is 13.7. The second-order valence-corrected chi connectivity index (χ2v) is 14.7. The van der Waals surface area contributed by atoms with Crippen molar-refractivity contribution in [3.8, 4) is 52.9 Å². The van der Waals surface area contributed by atoms with Crippen molar-refractivity contribution in [2.24, 2.45) is 0 Å². The van der Waals surface area contributed by atoms with Gasteiger partial charge >= 0.3 is 0 Å². The standard InChI is InChI=1S/C46H32S2/c1-31-17-21-37(22-18-31)46(36-15-9-4-10-16-36)40-29-34(44-27-25-42(47-44)32-11-5-2-6-12-32)19-23-38(40)39-24-20-35(30-41(39)46)45-28-26-43(48-45)33-13-7-3-8-14-33/h2-30H,1H3. The van der Waals surface area contributed by atoms with Gasteiger partial charge in [-0.2, -0.15) is 0 Å². The summed E-state index contributed by atoms with van der Waals surface area (Å²) in [5, 5.41) is 0. The highest BCUT2D eigenvalue weighted by Gasteiger charge is 2.46. The van der Waals surface area contributed by atoms with Crippen LogP contribution in [0.3, 0.4) is 0 Å². The third-order valence-electron chi connectivity index (χ3n) is 9.73. The van der Waals surface area contributed by atoms with E-state index in [1.165, 1.54) is 80.7 Å². The molecule has 0 nitrogen and oxygen atoms in total. The van der Waals surface area contributed by atoms with Crippen LogP contribution in [0.5, 0.6) is 0 Å². The average Bonchev–Trinajstić information content (AvgIpc) is 3.91. The third kappa shape index (κ3) is 4.72. The number of aryl methyl sites for hydroxylation is 1. The Labute approximate surface area is 290 Å². The van der Waals surface area contributed by atoms with E-state index in [-0.39, 0.29) is 0 Å². The fourth-order valence-corrected chi connectivity index (χ4v) is 9.43. The van der Waals surface area contributed by atoms with Gasteiger partial charge in [-0.25, -0.2) is 0 Å². The second-order valence-electron chi connectivity index (χ2n) is 12.6. The van der Waals surface area contributed by atoms with Crippen LogP contribution in [-0.4, -0.2) is 0 Å². The molecule has 2 heteroatoms. The molecule has 2 aromatic heterocycles. The van der Waals surface area contributed by atoms with Gasteiger partial charge in [-0.3, -0.25) is 0 Å². The second kappa shape index (κ2) is 11.8. The van der Waals surface area contributed by atoms with Gasteiger partial charge in [0.25, 0.3) is 0 Å². The predicted octanol–water partition coefficient (Wildman–Crippen LogP) is 13.1. The lowest BCUT2D eigenvalue weighted by molar-refractivity contribution is 0.768. The van der Waals surface area contributed by atoms with E-state index in [0.717, 1.165) is 0 Å². The minimum absolute atomic E-state index is 0.468. The van der Waals surface area contributed by atoms with Crippen LogP contribution in [0.1, 0.15) is 27.8 Å².